The lowest BCUT2D eigenvalue weighted by Crippen LogP contribution is -2.36. The molecule has 0 saturated carbocycles. The predicted molar refractivity (Wildman–Crippen MR) is 67.0 cm³/mol. The molecular formula is C11H10Cl2N2O2. The molecule has 0 saturated heterocycles. The molecule has 1 aromatic carbocycles. The number of fused-ring (bicyclic) bond motifs is 1. The number of hydrogen-bond donors (Lipinski definition) is 2. The number of anilines is 1. The average molecular weight is 273 g/mol. The lowest BCUT2D eigenvalue weighted by atomic mass is 9.93. The molecule has 0 unspecified atom stereocenters. The summed E-state index contributed by atoms with van der Waals surface area (Å²) in [5.74, 6) is 1.80. The van der Waals surface area contributed by atoms with E-state index < -0.39 is 12.3 Å². The molecule has 1 aliphatic heterocycles. The number of ether oxygens (including phenoxy) is 1. The van der Waals surface area contributed by atoms with Crippen LogP contribution >= 0.6 is 23.2 Å². The maximum absolute atomic E-state index is 10.9. The van der Waals surface area contributed by atoms with Crippen LogP contribution in [0.25, 0.3) is 0 Å². The Labute approximate surface area is 108 Å². The van der Waals surface area contributed by atoms with Gasteiger partial charge < -0.3 is 15.8 Å². The van der Waals surface area contributed by atoms with Gasteiger partial charge in [-0.25, -0.2) is 4.79 Å². The largest absolute Gasteiger partial charge is 0.357 e. The van der Waals surface area contributed by atoms with Crippen LogP contribution in [0.4, 0.5) is 5.69 Å². The van der Waals surface area contributed by atoms with Crippen molar-refractivity contribution in [3.8, 4) is 0 Å². The van der Waals surface area contributed by atoms with E-state index in [1.54, 1.807) is 18.1 Å². The lowest BCUT2D eigenvalue weighted by molar-refractivity contribution is 0.147. The zero-order chi connectivity index (χ0) is 12.6. The third-order valence-corrected chi connectivity index (χ3v) is 3.19. The highest BCUT2D eigenvalue weighted by atomic mass is 35.5. The van der Waals surface area contributed by atoms with Crippen molar-refractivity contribution in [3.63, 3.8) is 0 Å². The number of nitrogens with one attached hydrogen (secondary N) is 1. The van der Waals surface area contributed by atoms with E-state index in [-0.39, 0.29) is 5.57 Å². The van der Waals surface area contributed by atoms with Gasteiger partial charge in [0, 0.05) is 28.4 Å². The maximum Gasteiger partial charge on any atom is 0.162 e. The molecule has 1 aromatic rings. The molecule has 90 valence electrons. The van der Waals surface area contributed by atoms with Crippen molar-refractivity contribution in [3.05, 3.63) is 33.3 Å². The van der Waals surface area contributed by atoms with Crippen molar-refractivity contribution in [1.82, 2.24) is 0 Å². The van der Waals surface area contributed by atoms with Gasteiger partial charge in [0.25, 0.3) is 0 Å². The van der Waals surface area contributed by atoms with Gasteiger partial charge in [-0.05, 0) is 12.1 Å². The number of benzene rings is 1. The fourth-order valence-electron chi connectivity index (χ4n) is 1.86. The SMILES string of the molecule is CO[C@@H]1Nc2cc(Cl)cc(Cl)c2[C@@H](N)C1=C=O. The van der Waals surface area contributed by atoms with E-state index in [1.165, 1.54) is 7.11 Å². The second kappa shape index (κ2) is 4.69. The molecule has 17 heavy (non-hydrogen) atoms. The second-order valence-electron chi connectivity index (χ2n) is 3.64. The van der Waals surface area contributed by atoms with Gasteiger partial charge in [0.05, 0.1) is 11.6 Å². The fraction of sp³-hybridized carbons (Fsp3) is 0.273. The van der Waals surface area contributed by atoms with Gasteiger partial charge in [0.1, 0.15) is 5.94 Å². The van der Waals surface area contributed by atoms with E-state index in [1.807, 2.05) is 0 Å². The maximum atomic E-state index is 10.9. The average Bonchev–Trinajstić information content (AvgIpc) is 2.27. The smallest absolute Gasteiger partial charge is 0.162 e. The summed E-state index contributed by atoms with van der Waals surface area (Å²) >= 11 is 12.0. The van der Waals surface area contributed by atoms with Crippen molar-refractivity contribution in [2.45, 2.75) is 12.3 Å². The van der Waals surface area contributed by atoms with Gasteiger partial charge in [-0.3, -0.25) is 0 Å². The standard InChI is InChI=1S/C11H10Cl2N2O2/c1-17-11-6(4-16)10(14)9-7(13)2-5(12)3-8(9)15-11/h2-3,10-11,15H,14H2,1H3/t10-,11-/m0/s1. The van der Waals surface area contributed by atoms with Gasteiger partial charge in [-0.1, -0.05) is 23.2 Å². The number of halogens is 2. The number of nitrogens with two attached hydrogens (primary N) is 1. The number of rotatable bonds is 1. The molecule has 4 nitrogen and oxygen atoms in total. The minimum atomic E-state index is -0.640. The fourth-order valence-corrected chi connectivity index (χ4v) is 2.47. The molecule has 2 rings (SSSR count). The molecule has 0 aromatic heterocycles. The Bertz CT molecular complexity index is 512. The van der Waals surface area contributed by atoms with Crippen LogP contribution in [0.5, 0.6) is 0 Å². The molecule has 6 heteroatoms. The van der Waals surface area contributed by atoms with Crippen LogP contribution in [-0.4, -0.2) is 19.3 Å². The zero-order valence-corrected chi connectivity index (χ0v) is 10.5. The number of methoxy groups -OCH3 is 1. The van der Waals surface area contributed by atoms with Crippen molar-refractivity contribution in [1.29, 1.82) is 0 Å². The summed E-state index contributed by atoms with van der Waals surface area (Å²) in [6.07, 6.45) is -0.607. The molecule has 0 aliphatic carbocycles. The quantitative estimate of drug-likeness (QED) is 0.769. The van der Waals surface area contributed by atoms with Gasteiger partial charge in [0.2, 0.25) is 0 Å². The summed E-state index contributed by atoms with van der Waals surface area (Å²) in [6.45, 7) is 0. The molecule has 1 aliphatic rings. The lowest BCUT2D eigenvalue weighted by Gasteiger charge is -2.31. The van der Waals surface area contributed by atoms with E-state index in [9.17, 15) is 4.79 Å². The first-order chi connectivity index (χ1) is 8.08. The predicted octanol–water partition coefficient (Wildman–Crippen LogP) is 2.15. The summed E-state index contributed by atoms with van der Waals surface area (Å²) in [7, 11) is 1.47. The molecule has 0 spiro atoms. The monoisotopic (exact) mass is 272 g/mol. The van der Waals surface area contributed by atoms with Crippen LogP contribution in [0.3, 0.4) is 0 Å². The summed E-state index contributed by atoms with van der Waals surface area (Å²) < 4.78 is 5.12. The van der Waals surface area contributed by atoms with Gasteiger partial charge in [0.15, 0.2) is 6.23 Å². The van der Waals surface area contributed by atoms with Crippen LogP contribution < -0.4 is 11.1 Å². The van der Waals surface area contributed by atoms with Gasteiger partial charge in [-0.2, -0.15) is 0 Å². The van der Waals surface area contributed by atoms with E-state index in [0.29, 0.717) is 21.3 Å². The van der Waals surface area contributed by atoms with E-state index in [2.05, 4.69) is 5.32 Å². The first kappa shape index (κ1) is 12.4. The Morgan fingerprint density at radius 3 is 2.76 bits per heavy atom. The van der Waals surface area contributed by atoms with Crippen LogP contribution in [-0.2, 0) is 9.53 Å². The van der Waals surface area contributed by atoms with Gasteiger partial charge >= 0.3 is 0 Å². The highest BCUT2D eigenvalue weighted by Gasteiger charge is 2.32. The van der Waals surface area contributed by atoms with E-state index in [4.69, 9.17) is 33.7 Å². The molecule has 0 fully saturated rings. The third kappa shape index (κ3) is 2.06. The summed E-state index contributed by atoms with van der Waals surface area (Å²) in [5, 5.41) is 3.89. The Morgan fingerprint density at radius 1 is 1.47 bits per heavy atom. The zero-order valence-electron chi connectivity index (χ0n) is 8.96. The van der Waals surface area contributed by atoms with Crippen LogP contribution in [0, 0.1) is 0 Å². The summed E-state index contributed by atoms with van der Waals surface area (Å²) in [4.78, 5) is 10.9. The molecule has 0 radical (unpaired) electrons. The van der Waals surface area contributed by atoms with Crippen molar-refractivity contribution in [2.24, 2.45) is 5.73 Å². The minimum absolute atomic E-state index is 0.282. The number of carbonyl (C=O) groups excluding carboxylic acids is 1. The van der Waals surface area contributed by atoms with Crippen LogP contribution in [0.2, 0.25) is 10.0 Å². The Morgan fingerprint density at radius 2 is 2.18 bits per heavy atom. The van der Waals surface area contributed by atoms with Crippen LogP contribution in [0.15, 0.2) is 17.7 Å². The Hall–Kier alpha value is -1.03. The van der Waals surface area contributed by atoms with Crippen LogP contribution in [0.1, 0.15) is 11.6 Å². The second-order valence-corrected chi connectivity index (χ2v) is 4.49. The van der Waals surface area contributed by atoms with E-state index in [0.717, 1.165) is 0 Å². The first-order valence-electron chi connectivity index (χ1n) is 4.87. The highest BCUT2D eigenvalue weighted by Crippen LogP contribution is 2.40. The van der Waals surface area contributed by atoms with Crippen molar-refractivity contribution >= 4 is 34.8 Å². The van der Waals surface area contributed by atoms with E-state index >= 15 is 0 Å². The Balaban J connectivity index is 2.60. The van der Waals surface area contributed by atoms with Crippen molar-refractivity contribution < 1.29 is 9.53 Å². The summed E-state index contributed by atoms with van der Waals surface area (Å²) in [5.41, 5.74) is 7.55. The topological polar surface area (TPSA) is 64.3 Å². The third-order valence-electron chi connectivity index (χ3n) is 2.66. The number of hydrogen-bond acceptors (Lipinski definition) is 4. The molecule has 1 heterocycles. The van der Waals surface area contributed by atoms with Gasteiger partial charge in [-0.15, -0.1) is 0 Å². The molecule has 0 amide bonds. The minimum Gasteiger partial charge on any atom is -0.357 e. The highest BCUT2D eigenvalue weighted by molar-refractivity contribution is 6.35. The first-order valence-corrected chi connectivity index (χ1v) is 5.62. The molecule has 2 atom stereocenters. The molecule has 0 bridgehead atoms. The normalized spacial score (nSPS) is 22.7. The summed E-state index contributed by atoms with van der Waals surface area (Å²) in [6, 6.07) is 2.63. The molecular weight excluding hydrogens is 263 g/mol. The molecule has 3 N–H and O–H groups in total. The Kier molecular flexibility index (Phi) is 3.43. The van der Waals surface area contributed by atoms with Crippen molar-refractivity contribution in [2.75, 3.05) is 12.4 Å².